The summed E-state index contributed by atoms with van der Waals surface area (Å²) in [6, 6.07) is -0.778. The number of carbonyl (C=O) groups excluding carboxylic acids is 1. The fourth-order valence-electron chi connectivity index (χ4n) is 2.21. The largest absolute Gasteiger partial charge is 0.480 e. The summed E-state index contributed by atoms with van der Waals surface area (Å²) in [4.78, 5) is 22.9. The second-order valence-corrected chi connectivity index (χ2v) is 5.96. The Kier molecular flexibility index (Phi) is 5.95. The molecule has 1 rings (SSSR count). The molecule has 1 unspecified atom stereocenters. The number of rotatable bonds is 8. The molecule has 1 atom stereocenters. The molecule has 1 aliphatic rings. The molecular weight excluding hydrogens is 252 g/mol. The topological polar surface area (TPSA) is 92.4 Å². The van der Waals surface area contributed by atoms with E-state index in [-0.39, 0.29) is 11.3 Å². The highest BCUT2D eigenvalue weighted by molar-refractivity contribution is 7.98. The van der Waals surface area contributed by atoms with Gasteiger partial charge in [0, 0.05) is 6.42 Å². The molecule has 18 heavy (non-hydrogen) atoms. The molecule has 6 heteroatoms. The molecule has 1 aliphatic carbocycles. The molecule has 0 aromatic heterocycles. The Hall–Kier alpha value is -0.750. The first-order chi connectivity index (χ1) is 8.53. The van der Waals surface area contributed by atoms with Gasteiger partial charge in [0.05, 0.1) is 0 Å². The Labute approximate surface area is 112 Å². The SMILES string of the molecule is CSCCC(NC(=O)CC1(CN)CCC1)C(=O)O. The summed E-state index contributed by atoms with van der Waals surface area (Å²) in [5, 5.41) is 11.6. The van der Waals surface area contributed by atoms with Crippen molar-refractivity contribution in [2.24, 2.45) is 11.1 Å². The van der Waals surface area contributed by atoms with E-state index in [1.54, 1.807) is 11.8 Å². The first-order valence-corrected chi connectivity index (χ1v) is 7.63. The van der Waals surface area contributed by atoms with Crippen molar-refractivity contribution >= 4 is 23.6 Å². The van der Waals surface area contributed by atoms with E-state index in [2.05, 4.69) is 5.32 Å². The monoisotopic (exact) mass is 274 g/mol. The van der Waals surface area contributed by atoms with Crippen LogP contribution in [-0.2, 0) is 9.59 Å². The maximum absolute atomic E-state index is 11.9. The number of aliphatic carboxylic acids is 1. The summed E-state index contributed by atoms with van der Waals surface area (Å²) in [5.41, 5.74) is 5.61. The van der Waals surface area contributed by atoms with Crippen LogP contribution < -0.4 is 11.1 Å². The molecule has 0 radical (unpaired) electrons. The van der Waals surface area contributed by atoms with Crippen LogP contribution in [0.2, 0.25) is 0 Å². The van der Waals surface area contributed by atoms with E-state index in [0.717, 1.165) is 25.0 Å². The zero-order valence-corrected chi connectivity index (χ0v) is 11.6. The quantitative estimate of drug-likeness (QED) is 0.609. The van der Waals surface area contributed by atoms with E-state index in [4.69, 9.17) is 10.8 Å². The molecule has 0 aliphatic heterocycles. The third-order valence-corrected chi connectivity index (χ3v) is 4.27. The van der Waals surface area contributed by atoms with E-state index in [0.29, 0.717) is 19.4 Å². The molecular formula is C12H22N2O3S. The van der Waals surface area contributed by atoms with Crippen molar-refractivity contribution < 1.29 is 14.7 Å². The minimum absolute atomic E-state index is 0.0767. The molecule has 5 nitrogen and oxygen atoms in total. The fourth-order valence-corrected chi connectivity index (χ4v) is 2.68. The number of thioether (sulfide) groups is 1. The van der Waals surface area contributed by atoms with Crippen LogP contribution in [0, 0.1) is 5.41 Å². The molecule has 0 saturated heterocycles. The normalized spacial score (nSPS) is 18.8. The Balaban J connectivity index is 2.43. The molecule has 0 aromatic carbocycles. The zero-order chi connectivity index (χ0) is 13.6. The molecule has 0 heterocycles. The lowest BCUT2D eigenvalue weighted by molar-refractivity contribution is -0.142. The van der Waals surface area contributed by atoms with Crippen LogP contribution in [0.15, 0.2) is 0 Å². The van der Waals surface area contributed by atoms with Crippen LogP contribution in [0.4, 0.5) is 0 Å². The van der Waals surface area contributed by atoms with E-state index >= 15 is 0 Å². The average molecular weight is 274 g/mol. The maximum atomic E-state index is 11.9. The lowest BCUT2D eigenvalue weighted by Gasteiger charge is -2.40. The van der Waals surface area contributed by atoms with Crippen molar-refractivity contribution in [3.63, 3.8) is 0 Å². The zero-order valence-electron chi connectivity index (χ0n) is 10.8. The summed E-state index contributed by atoms with van der Waals surface area (Å²) < 4.78 is 0. The first kappa shape index (κ1) is 15.3. The van der Waals surface area contributed by atoms with Gasteiger partial charge >= 0.3 is 5.97 Å². The lowest BCUT2D eigenvalue weighted by Crippen LogP contribution is -2.46. The van der Waals surface area contributed by atoms with Crippen LogP contribution in [0.1, 0.15) is 32.1 Å². The van der Waals surface area contributed by atoms with Crippen molar-refractivity contribution in [2.75, 3.05) is 18.6 Å². The summed E-state index contributed by atoms with van der Waals surface area (Å²) in [7, 11) is 0. The molecule has 0 spiro atoms. The summed E-state index contributed by atoms with van der Waals surface area (Å²) in [5.74, 6) is -0.430. The summed E-state index contributed by atoms with van der Waals surface area (Å²) in [6.07, 6.45) is 5.78. The number of carbonyl (C=O) groups is 2. The van der Waals surface area contributed by atoms with Crippen molar-refractivity contribution in [3.05, 3.63) is 0 Å². The van der Waals surface area contributed by atoms with Gasteiger partial charge in [-0.2, -0.15) is 11.8 Å². The van der Waals surface area contributed by atoms with Crippen molar-refractivity contribution in [1.82, 2.24) is 5.32 Å². The summed E-state index contributed by atoms with van der Waals surface area (Å²) >= 11 is 1.57. The molecule has 1 amide bonds. The van der Waals surface area contributed by atoms with E-state index in [1.165, 1.54) is 0 Å². The average Bonchev–Trinajstić information content (AvgIpc) is 2.28. The number of nitrogens with one attached hydrogen (secondary N) is 1. The lowest BCUT2D eigenvalue weighted by atomic mass is 9.66. The van der Waals surface area contributed by atoms with Crippen LogP contribution in [0.3, 0.4) is 0 Å². The van der Waals surface area contributed by atoms with Gasteiger partial charge in [0.2, 0.25) is 5.91 Å². The molecule has 0 bridgehead atoms. The van der Waals surface area contributed by atoms with Gasteiger partial charge in [0.15, 0.2) is 0 Å². The second kappa shape index (κ2) is 6.99. The van der Waals surface area contributed by atoms with Crippen LogP contribution in [-0.4, -0.2) is 41.6 Å². The van der Waals surface area contributed by atoms with Gasteiger partial charge in [0.25, 0.3) is 0 Å². The van der Waals surface area contributed by atoms with Gasteiger partial charge in [0.1, 0.15) is 6.04 Å². The number of carboxylic acid groups (broad SMARTS) is 1. The smallest absolute Gasteiger partial charge is 0.326 e. The number of nitrogens with two attached hydrogens (primary N) is 1. The van der Waals surface area contributed by atoms with E-state index in [1.807, 2.05) is 6.26 Å². The fraction of sp³-hybridized carbons (Fsp3) is 0.833. The molecule has 4 N–H and O–H groups in total. The summed E-state index contributed by atoms with van der Waals surface area (Å²) in [6.45, 7) is 0.503. The maximum Gasteiger partial charge on any atom is 0.326 e. The molecule has 1 saturated carbocycles. The van der Waals surface area contributed by atoms with Gasteiger partial charge in [-0.15, -0.1) is 0 Å². The van der Waals surface area contributed by atoms with Crippen molar-refractivity contribution in [1.29, 1.82) is 0 Å². The predicted octanol–water partition coefficient (Wildman–Crippen LogP) is 0.828. The Bertz CT molecular complexity index is 300. The van der Waals surface area contributed by atoms with Crippen LogP contribution in [0.25, 0.3) is 0 Å². The number of hydrogen-bond donors (Lipinski definition) is 3. The number of hydrogen-bond acceptors (Lipinski definition) is 4. The molecule has 104 valence electrons. The van der Waals surface area contributed by atoms with Gasteiger partial charge in [-0.3, -0.25) is 4.79 Å². The van der Waals surface area contributed by atoms with Crippen molar-refractivity contribution in [2.45, 2.75) is 38.1 Å². The Morgan fingerprint density at radius 3 is 2.56 bits per heavy atom. The molecule has 0 aromatic rings. The number of amides is 1. The van der Waals surface area contributed by atoms with Gasteiger partial charge in [-0.1, -0.05) is 6.42 Å². The third-order valence-electron chi connectivity index (χ3n) is 3.63. The third kappa shape index (κ3) is 4.17. The van der Waals surface area contributed by atoms with Gasteiger partial charge in [-0.05, 0) is 43.2 Å². The van der Waals surface area contributed by atoms with Crippen LogP contribution >= 0.6 is 11.8 Å². The molecule has 1 fully saturated rings. The minimum atomic E-state index is -0.965. The number of carboxylic acids is 1. The highest BCUT2D eigenvalue weighted by Gasteiger charge is 2.38. The highest BCUT2D eigenvalue weighted by atomic mass is 32.2. The van der Waals surface area contributed by atoms with Crippen molar-refractivity contribution in [3.8, 4) is 0 Å². The Morgan fingerprint density at radius 1 is 1.50 bits per heavy atom. The van der Waals surface area contributed by atoms with E-state index in [9.17, 15) is 9.59 Å². The predicted molar refractivity (Wildman–Crippen MR) is 72.5 cm³/mol. The van der Waals surface area contributed by atoms with Gasteiger partial charge in [-0.25, -0.2) is 4.79 Å². The highest BCUT2D eigenvalue weighted by Crippen LogP contribution is 2.42. The van der Waals surface area contributed by atoms with E-state index < -0.39 is 12.0 Å². The standard InChI is InChI=1S/C12H22N2O3S/c1-18-6-3-9(11(16)17)14-10(15)7-12(8-13)4-2-5-12/h9H,2-8,13H2,1H3,(H,14,15)(H,16,17). The minimum Gasteiger partial charge on any atom is -0.480 e. The van der Waals surface area contributed by atoms with Crippen LogP contribution in [0.5, 0.6) is 0 Å². The van der Waals surface area contributed by atoms with Gasteiger partial charge < -0.3 is 16.2 Å². The second-order valence-electron chi connectivity index (χ2n) is 4.97. The Morgan fingerprint density at radius 2 is 2.17 bits per heavy atom. The first-order valence-electron chi connectivity index (χ1n) is 6.24.